The Hall–Kier alpha value is -1.32. The lowest BCUT2D eigenvalue weighted by atomic mass is 9.70. The maximum Gasteiger partial charge on any atom is 0.333 e. The molecule has 154 valence electrons. The minimum atomic E-state index is -0.398. The van der Waals surface area contributed by atoms with Crippen molar-refractivity contribution in [2.75, 3.05) is 6.61 Å². The molecule has 0 N–H and O–H groups in total. The fourth-order valence-electron chi connectivity index (χ4n) is 4.78. The van der Waals surface area contributed by atoms with Crippen LogP contribution in [0.1, 0.15) is 90.9 Å². The van der Waals surface area contributed by atoms with Crippen LogP contribution in [-0.4, -0.2) is 24.6 Å². The molecule has 0 spiro atoms. The smallest absolute Gasteiger partial charge is 0.333 e. The molecule has 0 unspecified atom stereocenters. The van der Waals surface area contributed by atoms with Crippen LogP contribution < -0.4 is 0 Å². The van der Waals surface area contributed by atoms with Gasteiger partial charge in [-0.3, -0.25) is 4.79 Å². The van der Waals surface area contributed by atoms with E-state index in [0.29, 0.717) is 18.4 Å². The van der Waals surface area contributed by atoms with Crippen LogP contribution in [0.3, 0.4) is 0 Å². The van der Waals surface area contributed by atoms with Gasteiger partial charge in [-0.2, -0.15) is 0 Å². The van der Waals surface area contributed by atoms with E-state index in [4.69, 9.17) is 9.47 Å². The van der Waals surface area contributed by atoms with Gasteiger partial charge in [0.05, 0.1) is 6.61 Å². The molecule has 2 saturated carbocycles. The summed E-state index contributed by atoms with van der Waals surface area (Å²) in [5.41, 5.74) is 0.383. The second kappa shape index (κ2) is 11.5. The van der Waals surface area contributed by atoms with Gasteiger partial charge in [-0.25, -0.2) is 4.79 Å². The van der Waals surface area contributed by atoms with Crippen LogP contribution in [0.4, 0.5) is 0 Å². The van der Waals surface area contributed by atoms with Gasteiger partial charge in [0.1, 0.15) is 6.10 Å². The number of ether oxygens (including phenoxy) is 2. The van der Waals surface area contributed by atoms with E-state index >= 15 is 0 Å². The lowest BCUT2D eigenvalue weighted by Crippen LogP contribution is -2.29. The minimum Gasteiger partial charge on any atom is -0.462 e. The highest BCUT2D eigenvalue weighted by Crippen LogP contribution is 2.41. The van der Waals surface area contributed by atoms with E-state index in [1.54, 1.807) is 6.92 Å². The fourth-order valence-corrected chi connectivity index (χ4v) is 4.78. The Morgan fingerprint density at radius 1 is 0.963 bits per heavy atom. The molecule has 0 aromatic carbocycles. The molecule has 2 fully saturated rings. The zero-order chi connectivity index (χ0) is 19.6. The summed E-state index contributed by atoms with van der Waals surface area (Å²) in [5.74, 6) is 2.15. The fraction of sp³-hybridized carbons (Fsp3) is 0.826. The zero-order valence-corrected chi connectivity index (χ0v) is 17.3. The molecular weight excluding hydrogens is 340 g/mol. The van der Waals surface area contributed by atoms with Crippen LogP contribution >= 0.6 is 0 Å². The quantitative estimate of drug-likeness (QED) is 0.298. The summed E-state index contributed by atoms with van der Waals surface area (Å²) in [6.45, 7) is 7.69. The van der Waals surface area contributed by atoms with E-state index in [9.17, 15) is 9.59 Å². The van der Waals surface area contributed by atoms with Crippen molar-refractivity contribution in [3.63, 3.8) is 0 Å². The Kier molecular flexibility index (Phi) is 9.36. The average molecular weight is 379 g/mol. The van der Waals surface area contributed by atoms with Gasteiger partial charge in [0.25, 0.3) is 0 Å². The third-order valence-corrected chi connectivity index (χ3v) is 6.38. The molecule has 0 atom stereocenters. The van der Waals surface area contributed by atoms with E-state index in [2.05, 4.69) is 13.5 Å². The standard InChI is InChI=1S/C23H38O4/c1-4-6-18-8-10-19(11-9-18)20-12-14-21(15-13-20)27-22(24)7-5-16-26-23(25)17(2)3/h18-21H,2,4-16H2,1,3H3. The van der Waals surface area contributed by atoms with Gasteiger partial charge in [0.2, 0.25) is 0 Å². The molecule has 0 aromatic heterocycles. The van der Waals surface area contributed by atoms with Crippen LogP contribution in [0, 0.1) is 17.8 Å². The summed E-state index contributed by atoms with van der Waals surface area (Å²) >= 11 is 0. The lowest BCUT2D eigenvalue weighted by molar-refractivity contribution is -0.152. The van der Waals surface area contributed by atoms with Crippen LogP contribution in [-0.2, 0) is 19.1 Å². The number of hydrogen-bond acceptors (Lipinski definition) is 4. The van der Waals surface area contributed by atoms with E-state index in [-0.39, 0.29) is 18.7 Å². The van der Waals surface area contributed by atoms with Gasteiger partial charge in [0, 0.05) is 12.0 Å². The highest BCUT2D eigenvalue weighted by Gasteiger charge is 2.31. The molecule has 0 bridgehead atoms. The molecule has 0 aliphatic heterocycles. The summed E-state index contributed by atoms with van der Waals surface area (Å²) in [6.07, 6.45) is 13.7. The zero-order valence-electron chi connectivity index (χ0n) is 17.3. The first-order chi connectivity index (χ1) is 13.0. The normalized spacial score (nSPS) is 28.4. The number of carbonyl (C=O) groups is 2. The van der Waals surface area contributed by atoms with E-state index in [1.807, 2.05) is 0 Å². The lowest BCUT2D eigenvalue weighted by Gasteiger charge is -2.37. The van der Waals surface area contributed by atoms with Gasteiger partial charge < -0.3 is 9.47 Å². The first kappa shape index (κ1) is 22.0. The van der Waals surface area contributed by atoms with E-state index < -0.39 is 5.97 Å². The Balaban J connectivity index is 1.57. The Labute approximate surface area is 165 Å². The second-order valence-corrected chi connectivity index (χ2v) is 8.62. The molecule has 4 nitrogen and oxygen atoms in total. The summed E-state index contributed by atoms with van der Waals surface area (Å²) in [4.78, 5) is 23.3. The Morgan fingerprint density at radius 3 is 2.11 bits per heavy atom. The highest BCUT2D eigenvalue weighted by atomic mass is 16.5. The predicted molar refractivity (Wildman–Crippen MR) is 107 cm³/mol. The van der Waals surface area contributed by atoms with Crippen LogP contribution in [0.5, 0.6) is 0 Å². The first-order valence-corrected chi connectivity index (χ1v) is 11.0. The number of esters is 2. The molecule has 0 heterocycles. The van der Waals surface area contributed by atoms with Crippen LogP contribution in [0.2, 0.25) is 0 Å². The highest BCUT2D eigenvalue weighted by molar-refractivity contribution is 5.86. The summed E-state index contributed by atoms with van der Waals surface area (Å²) in [6, 6.07) is 0. The Bertz CT molecular complexity index is 483. The van der Waals surface area contributed by atoms with Crippen molar-refractivity contribution in [1.29, 1.82) is 0 Å². The molecule has 4 heteroatoms. The minimum absolute atomic E-state index is 0.0863. The molecule has 2 aliphatic carbocycles. The number of rotatable bonds is 9. The SMILES string of the molecule is C=C(C)C(=O)OCCCC(=O)OC1CCC(C2CCC(CCC)CC2)CC1. The monoisotopic (exact) mass is 378 g/mol. The van der Waals surface area contributed by atoms with Crippen LogP contribution in [0.25, 0.3) is 0 Å². The van der Waals surface area contributed by atoms with Gasteiger partial charge in [0.15, 0.2) is 0 Å². The molecule has 0 saturated heterocycles. The van der Waals surface area contributed by atoms with Crippen molar-refractivity contribution in [2.24, 2.45) is 17.8 Å². The van der Waals surface area contributed by atoms with Crippen molar-refractivity contribution >= 4 is 11.9 Å². The maximum atomic E-state index is 12.0. The summed E-state index contributed by atoms with van der Waals surface area (Å²) in [7, 11) is 0. The molecule has 27 heavy (non-hydrogen) atoms. The van der Waals surface area contributed by atoms with Gasteiger partial charge in [-0.15, -0.1) is 0 Å². The molecule has 2 rings (SSSR count). The van der Waals surface area contributed by atoms with Crippen LogP contribution in [0.15, 0.2) is 12.2 Å². The van der Waals surface area contributed by atoms with Crippen molar-refractivity contribution in [1.82, 2.24) is 0 Å². The average Bonchev–Trinajstić information content (AvgIpc) is 2.66. The van der Waals surface area contributed by atoms with Crippen molar-refractivity contribution in [3.05, 3.63) is 12.2 Å². The van der Waals surface area contributed by atoms with E-state index in [1.165, 1.54) is 51.4 Å². The molecule has 0 amide bonds. The topological polar surface area (TPSA) is 52.6 Å². The van der Waals surface area contributed by atoms with Crippen molar-refractivity contribution in [2.45, 2.75) is 97.0 Å². The Morgan fingerprint density at radius 2 is 1.56 bits per heavy atom. The predicted octanol–water partition coefficient (Wildman–Crippen LogP) is 5.59. The van der Waals surface area contributed by atoms with Gasteiger partial charge >= 0.3 is 11.9 Å². The summed E-state index contributed by atoms with van der Waals surface area (Å²) < 4.78 is 10.6. The maximum absolute atomic E-state index is 12.0. The van der Waals surface area contributed by atoms with E-state index in [0.717, 1.165) is 30.6 Å². The van der Waals surface area contributed by atoms with Gasteiger partial charge in [-0.05, 0) is 69.6 Å². The molecule has 0 aromatic rings. The number of carbonyl (C=O) groups excluding carboxylic acids is 2. The molecule has 0 radical (unpaired) electrons. The first-order valence-electron chi connectivity index (χ1n) is 11.0. The third kappa shape index (κ3) is 7.67. The third-order valence-electron chi connectivity index (χ3n) is 6.38. The molecular formula is C23H38O4. The second-order valence-electron chi connectivity index (χ2n) is 8.62. The number of hydrogen-bond donors (Lipinski definition) is 0. The largest absolute Gasteiger partial charge is 0.462 e. The summed E-state index contributed by atoms with van der Waals surface area (Å²) in [5, 5.41) is 0. The molecule has 2 aliphatic rings. The van der Waals surface area contributed by atoms with Gasteiger partial charge in [-0.1, -0.05) is 39.2 Å². The van der Waals surface area contributed by atoms with Crippen molar-refractivity contribution in [3.8, 4) is 0 Å². The van der Waals surface area contributed by atoms with Crippen molar-refractivity contribution < 1.29 is 19.1 Å².